The Morgan fingerprint density at radius 2 is 2.00 bits per heavy atom. The zero-order valence-electron chi connectivity index (χ0n) is 18.6. The first-order valence-electron chi connectivity index (χ1n) is 10.1. The van der Waals surface area contributed by atoms with Gasteiger partial charge in [-0.2, -0.15) is 11.8 Å². The zero-order chi connectivity index (χ0) is 23.1. The lowest BCUT2D eigenvalue weighted by Crippen LogP contribution is -2.48. The number of likely N-dealkylation sites (tertiary alicyclic amines) is 1. The van der Waals surface area contributed by atoms with Crippen molar-refractivity contribution in [2.75, 3.05) is 25.1 Å². The van der Waals surface area contributed by atoms with Gasteiger partial charge in [0.1, 0.15) is 0 Å². The van der Waals surface area contributed by atoms with Crippen LogP contribution < -0.4 is 17.0 Å². The number of aliphatic hydroxyl groups is 2. The number of thioether (sulfide) groups is 1. The summed E-state index contributed by atoms with van der Waals surface area (Å²) in [6, 6.07) is -1.51. The van der Waals surface area contributed by atoms with Crippen molar-refractivity contribution >= 4 is 41.2 Å². The number of nitrogens with two attached hydrogens (primary N) is 1. The molecule has 32 heavy (non-hydrogen) atoms. The molecule has 0 unspecified atom stereocenters. The summed E-state index contributed by atoms with van der Waals surface area (Å²) in [5, 5.41) is 21.7. The largest absolute Gasteiger partial charge is 0.391 e. The lowest BCUT2D eigenvalue weighted by Gasteiger charge is -2.34. The number of β-amino-alcohol motifs (C(OH)–C–C–N with tert-alkyl or cyclic N) is 1. The van der Waals surface area contributed by atoms with Gasteiger partial charge in [0.15, 0.2) is 11.2 Å². The summed E-state index contributed by atoms with van der Waals surface area (Å²) in [5.41, 5.74) is 3.89. The molecule has 3 rings (SSSR count). The van der Waals surface area contributed by atoms with Gasteiger partial charge >= 0.3 is 5.69 Å². The van der Waals surface area contributed by atoms with E-state index < -0.39 is 35.0 Å². The SMILES string of the molecule is CSCC[C@H](N)C(=O)N1C[C@H](O)C[C@](C)(O)[C@@H](n2cnc3c2c(=O)n(C)c(=O)n3C)C1.Cl. The number of rotatable bonds is 5. The Morgan fingerprint density at radius 1 is 1.34 bits per heavy atom. The summed E-state index contributed by atoms with van der Waals surface area (Å²) in [7, 11) is 2.88. The Kier molecular flexibility index (Phi) is 8.21. The summed E-state index contributed by atoms with van der Waals surface area (Å²) in [6.45, 7) is 1.62. The van der Waals surface area contributed by atoms with E-state index in [0.29, 0.717) is 6.42 Å². The number of nitrogens with zero attached hydrogens (tertiary/aromatic N) is 5. The molecule has 1 saturated heterocycles. The quantitative estimate of drug-likeness (QED) is 0.474. The molecular weight excluding hydrogens is 460 g/mol. The second kappa shape index (κ2) is 9.96. The minimum absolute atomic E-state index is 0. The van der Waals surface area contributed by atoms with Gasteiger partial charge in [-0.25, -0.2) is 9.78 Å². The lowest BCUT2D eigenvalue weighted by molar-refractivity contribution is -0.134. The molecule has 11 nitrogen and oxygen atoms in total. The van der Waals surface area contributed by atoms with Crippen molar-refractivity contribution in [2.24, 2.45) is 19.8 Å². The first-order chi connectivity index (χ1) is 14.5. The van der Waals surface area contributed by atoms with E-state index in [2.05, 4.69) is 4.98 Å². The molecule has 180 valence electrons. The third kappa shape index (κ3) is 4.74. The van der Waals surface area contributed by atoms with Gasteiger partial charge in [0.2, 0.25) is 5.91 Å². The normalized spacial score (nSPS) is 24.8. The topological polar surface area (TPSA) is 149 Å². The maximum absolute atomic E-state index is 13.0. The van der Waals surface area contributed by atoms with Crippen LogP contribution in [0.5, 0.6) is 0 Å². The van der Waals surface area contributed by atoms with Gasteiger partial charge in [-0.3, -0.25) is 18.7 Å². The molecule has 1 fully saturated rings. The van der Waals surface area contributed by atoms with Crippen molar-refractivity contribution in [3.05, 3.63) is 27.2 Å². The fraction of sp³-hybridized carbons (Fsp3) is 0.684. The van der Waals surface area contributed by atoms with Gasteiger partial charge in [0.05, 0.1) is 30.1 Å². The lowest BCUT2D eigenvalue weighted by atomic mass is 9.91. The number of hydrogen-bond donors (Lipinski definition) is 3. The van der Waals surface area contributed by atoms with Crippen LogP contribution in [0.4, 0.5) is 0 Å². The van der Waals surface area contributed by atoms with Crippen LogP contribution in [0.15, 0.2) is 15.9 Å². The van der Waals surface area contributed by atoms with Crippen molar-refractivity contribution < 1.29 is 15.0 Å². The van der Waals surface area contributed by atoms with E-state index >= 15 is 0 Å². The Labute approximate surface area is 195 Å². The van der Waals surface area contributed by atoms with E-state index in [1.54, 1.807) is 18.7 Å². The number of amides is 1. The van der Waals surface area contributed by atoms with Crippen LogP contribution in [0.3, 0.4) is 0 Å². The van der Waals surface area contributed by atoms with Crippen LogP contribution in [0.25, 0.3) is 11.2 Å². The number of imidazole rings is 1. The van der Waals surface area contributed by atoms with Gasteiger partial charge in [-0.15, -0.1) is 12.4 Å². The summed E-state index contributed by atoms with van der Waals surface area (Å²) >= 11 is 1.59. The molecule has 2 aromatic rings. The van der Waals surface area contributed by atoms with Gasteiger partial charge in [-0.05, 0) is 25.4 Å². The maximum Gasteiger partial charge on any atom is 0.332 e. The highest BCUT2D eigenvalue weighted by Crippen LogP contribution is 2.33. The first kappa shape index (κ1) is 26.4. The van der Waals surface area contributed by atoms with Crippen molar-refractivity contribution in [3.8, 4) is 0 Å². The number of aromatic nitrogens is 4. The number of hydrogen-bond acceptors (Lipinski definition) is 8. The zero-order valence-corrected chi connectivity index (χ0v) is 20.2. The summed E-state index contributed by atoms with van der Waals surface area (Å²) in [4.78, 5) is 43.8. The predicted molar refractivity (Wildman–Crippen MR) is 125 cm³/mol. The minimum Gasteiger partial charge on any atom is -0.391 e. The standard InChI is InChI=1S/C19H30N6O5S.ClH/c1-19(30)7-11(26)8-24(16(27)12(20)5-6-31-4)9-13(19)25-10-21-15-14(25)17(28)23(3)18(29)22(15)2;/h10-13,26,30H,5-9,20H2,1-4H3;1H/t11-,12+,13+,19+;/m1./s1. The number of carbonyl (C=O) groups excluding carboxylic acids is 1. The fourth-order valence-corrected chi connectivity index (χ4v) is 4.67. The summed E-state index contributed by atoms with van der Waals surface area (Å²) in [5.74, 6) is 0.404. The van der Waals surface area contributed by atoms with E-state index in [0.717, 1.165) is 10.3 Å². The molecular formula is C19H31ClN6O5S. The molecule has 1 amide bonds. The summed E-state index contributed by atoms with van der Waals surface area (Å²) < 4.78 is 3.74. The van der Waals surface area contributed by atoms with Gasteiger partial charge < -0.3 is 25.4 Å². The molecule has 0 spiro atoms. The van der Waals surface area contributed by atoms with E-state index in [1.165, 1.54) is 34.5 Å². The number of aryl methyl sites for hydroxylation is 1. The molecule has 2 aromatic heterocycles. The second-order valence-electron chi connectivity index (χ2n) is 8.39. The Balaban J connectivity index is 0.00000363. The molecule has 1 aliphatic heterocycles. The monoisotopic (exact) mass is 490 g/mol. The first-order valence-corrected chi connectivity index (χ1v) is 11.4. The number of carbonyl (C=O) groups is 1. The van der Waals surface area contributed by atoms with Crippen molar-refractivity contribution in [1.29, 1.82) is 0 Å². The van der Waals surface area contributed by atoms with E-state index in [4.69, 9.17) is 5.73 Å². The van der Waals surface area contributed by atoms with Crippen LogP contribution in [-0.2, 0) is 18.9 Å². The Hall–Kier alpha value is -1.86. The van der Waals surface area contributed by atoms with Crippen LogP contribution in [0.2, 0.25) is 0 Å². The van der Waals surface area contributed by atoms with Crippen molar-refractivity contribution in [2.45, 2.75) is 43.6 Å². The fourth-order valence-electron chi connectivity index (χ4n) is 4.18. The van der Waals surface area contributed by atoms with Crippen LogP contribution >= 0.6 is 24.2 Å². The van der Waals surface area contributed by atoms with Crippen molar-refractivity contribution in [3.63, 3.8) is 0 Å². The molecule has 0 aromatic carbocycles. The molecule has 4 atom stereocenters. The smallest absolute Gasteiger partial charge is 0.332 e. The maximum atomic E-state index is 13.0. The predicted octanol–water partition coefficient (Wildman–Crippen LogP) is -1.18. The highest BCUT2D eigenvalue weighted by atomic mass is 35.5. The second-order valence-corrected chi connectivity index (χ2v) is 9.38. The van der Waals surface area contributed by atoms with Crippen molar-refractivity contribution in [1.82, 2.24) is 23.6 Å². The van der Waals surface area contributed by atoms with E-state index in [9.17, 15) is 24.6 Å². The number of aliphatic hydroxyl groups excluding tert-OH is 1. The van der Waals surface area contributed by atoms with E-state index in [-0.39, 0.29) is 49.0 Å². The third-order valence-corrected chi connectivity index (χ3v) is 6.61. The van der Waals surface area contributed by atoms with E-state index in [1.807, 2.05) is 6.26 Å². The number of halogens is 1. The van der Waals surface area contributed by atoms with Gasteiger partial charge in [0, 0.05) is 33.6 Å². The molecule has 0 aliphatic carbocycles. The third-order valence-electron chi connectivity index (χ3n) is 5.96. The van der Waals surface area contributed by atoms with Crippen LogP contribution in [0, 0.1) is 0 Å². The molecule has 1 aliphatic rings. The Bertz CT molecular complexity index is 1100. The van der Waals surface area contributed by atoms with Gasteiger partial charge in [-0.1, -0.05) is 0 Å². The molecule has 13 heteroatoms. The average molecular weight is 491 g/mol. The van der Waals surface area contributed by atoms with Crippen LogP contribution in [0.1, 0.15) is 25.8 Å². The molecule has 0 bridgehead atoms. The molecule has 3 heterocycles. The molecule has 4 N–H and O–H groups in total. The molecule has 0 radical (unpaired) electrons. The number of fused-ring (bicyclic) bond motifs is 1. The Morgan fingerprint density at radius 3 is 2.62 bits per heavy atom. The van der Waals surface area contributed by atoms with Crippen LogP contribution in [-0.4, -0.2) is 82.6 Å². The average Bonchev–Trinajstić information content (AvgIpc) is 3.10. The minimum atomic E-state index is -1.45. The highest BCUT2D eigenvalue weighted by molar-refractivity contribution is 7.98. The summed E-state index contributed by atoms with van der Waals surface area (Å²) in [6.07, 6.45) is 2.84. The van der Waals surface area contributed by atoms with Gasteiger partial charge in [0.25, 0.3) is 5.56 Å². The highest BCUT2D eigenvalue weighted by Gasteiger charge is 2.42. The molecule has 0 saturated carbocycles.